The number of rotatable bonds is 7. The molecule has 5 nitrogen and oxygen atoms in total. The summed E-state index contributed by atoms with van der Waals surface area (Å²) in [5, 5.41) is 12.3. The van der Waals surface area contributed by atoms with Gasteiger partial charge in [0.15, 0.2) is 0 Å². The smallest absolute Gasteiger partial charge is 0.251 e. The summed E-state index contributed by atoms with van der Waals surface area (Å²) in [5.74, 6) is -2.07. The third-order valence-corrected chi connectivity index (χ3v) is 4.86. The van der Waals surface area contributed by atoms with E-state index < -0.39 is 23.6 Å². The summed E-state index contributed by atoms with van der Waals surface area (Å²) in [6.07, 6.45) is -0.0485. The van der Waals surface area contributed by atoms with Gasteiger partial charge in [0.2, 0.25) is 5.91 Å². The van der Waals surface area contributed by atoms with Crippen LogP contribution in [0.5, 0.6) is 5.75 Å². The molecule has 0 fully saturated rings. The molecule has 3 aromatic carbocycles. The molecule has 0 heterocycles. The third kappa shape index (κ3) is 5.88. The van der Waals surface area contributed by atoms with Gasteiger partial charge in [-0.1, -0.05) is 36.4 Å². The molecule has 0 bridgehead atoms. The summed E-state index contributed by atoms with van der Waals surface area (Å²) in [6, 6.07) is 17.4. The quantitative estimate of drug-likeness (QED) is 0.598. The molecule has 0 unspecified atom stereocenters. The van der Waals surface area contributed by atoms with Crippen molar-refractivity contribution in [3.05, 3.63) is 101 Å². The van der Waals surface area contributed by atoms with Gasteiger partial charge >= 0.3 is 0 Å². The van der Waals surface area contributed by atoms with Gasteiger partial charge in [-0.15, -0.1) is 0 Å². The van der Waals surface area contributed by atoms with Crippen molar-refractivity contribution in [3.8, 4) is 5.75 Å². The molecule has 31 heavy (non-hydrogen) atoms. The van der Waals surface area contributed by atoms with Crippen LogP contribution >= 0.6 is 0 Å². The molecular weight excluding hydrogens is 402 g/mol. The van der Waals surface area contributed by atoms with E-state index in [1.54, 1.807) is 24.3 Å². The highest BCUT2D eigenvalue weighted by molar-refractivity contribution is 5.95. The number of hydrogen-bond acceptors (Lipinski definition) is 3. The molecule has 0 aliphatic carbocycles. The average Bonchev–Trinajstić information content (AvgIpc) is 2.76. The maximum absolute atomic E-state index is 13.9. The molecule has 160 valence electrons. The van der Waals surface area contributed by atoms with Crippen LogP contribution in [-0.2, 0) is 11.3 Å². The first kappa shape index (κ1) is 22.0. The van der Waals surface area contributed by atoms with E-state index in [9.17, 15) is 23.5 Å². The number of halogens is 2. The predicted octanol–water partition coefficient (Wildman–Crippen LogP) is 4.19. The number of nitrogens with zero attached hydrogens (tertiary/aromatic N) is 1. The van der Waals surface area contributed by atoms with E-state index in [1.807, 2.05) is 6.07 Å². The molecular formula is C24H22F2N2O3. The van der Waals surface area contributed by atoms with Crippen molar-refractivity contribution in [1.82, 2.24) is 10.2 Å². The molecule has 2 amide bonds. The second-order valence-electron chi connectivity index (χ2n) is 7.17. The van der Waals surface area contributed by atoms with Gasteiger partial charge in [-0.05, 0) is 35.9 Å². The molecule has 1 atom stereocenters. The molecule has 0 aromatic heterocycles. The summed E-state index contributed by atoms with van der Waals surface area (Å²) in [5.41, 5.74) is 1.28. The van der Waals surface area contributed by atoms with E-state index in [4.69, 9.17) is 0 Å². The fourth-order valence-electron chi connectivity index (χ4n) is 3.12. The minimum absolute atomic E-state index is 0.0294. The summed E-state index contributed by atoms with van der Waals surface area (Å²) in [7, 11) is 1.52. The van der Waals surface area contributed by atoms with Crippen LogP contribution in [0.25, 0.3) is 0 Å². The third-order valence-electron chi connectivity index (χ3n) is 4.86. The van der Waals surface area contributed by atoms with Gasteiger partial charge in [-0.3, -0.25) is 9.59 Å². The largest absolute Gasteiger partial charge is 0.508 e. The van der Waals surface area contributed by atoms with E-state index in [0.717, 1.165) is 17.7 Å². The zero-order valence-corrected chi connectivity index (χ0v) is 16.9. The Bertz CT molecular complexity index is 1060. The fourth-order valence-corrected chi connectivity index (χ4v) is 3.12. The topological polar surface area (TPSA) is 69.6 Å². The molecule has 2 N–H and O–H groups in total. The molecule has 0 aliphatic rings. The van der Waals surface area contributed by atoms with Crippen LogP contribution < -0.4 is 5.32 Å². The van der Waals surface area contributed by atoms with E-state index in [2.05, 4.69) is 5.32 Å². The highest BCUT2D eigenvalue weighted by Gasteiger charge is 2.22. The maximum Gasteiger partial charge on any atom is 0.251 e. The lowest BCUT2D eigenvalue weighted by Crippen LogP contribution is -2.34. The van der Waals surface area contributed by atoms with Crippen molar-refractivity contribution in [2.24, 2.45) is 0 Å². The number of nitrogens with one attached hydrogen (secondary N) is 1. The highest BCUT2D eigenvalue weighted by Crippen LogP contribution is 2.20. The van der Waals surface area contributed by atoms with Crippen molar-refractivity contribution in [2.75, 3.05) is 7.05 Å². The zero-order chi connectivity index (χ0) is 22.4. The summed E-state index contributed by atoms with van der Waals surface area (Å²) in [6.45, 7) is -0.0294. The number of carbonyl (C=O) groups is 2. The number of phenolic OH excluding ortho intramolecular Hbond substituents is 1. The lowest BCUT2D eigenvalue weighted by atomic mass is 10.0. The number of phenols is 1. The highest BCUT2D eigenvalue weighted by atomic mass is 19.1. The normalized spacial score (nSPS) is 11.6. The maximum atomic E-state index is 13.9. The molecule has 0 radical (unpaired) electrons. The zero-order valence-electron chi connectivity index (χ0n) is 16.9. The van der Waals surface area contributed by atoms with Crippen LogP contribution in [0.2, 0.25) is 0 Å². The van der Waals surface area contributed by atoms with E-state index in [0.29, 0.717) is 5.56 Å². The van der Waals surface area contributed by atoms with Crippen LogP contribution in [0, 0.1) is 11.6 Å². The first-order valence-corrected chi connectivity index (χ1v) is 9.66. The Morgan fingerprint density at radius 1 is 1.00 bits per heavy atom. The van der Waals surface area contributed by atoms with Crippen molar-refractivity contribution in [1.29, 1.82) is 0 Å². The van der Waals surface area contributed by atoms with E-state index >= 15 is 0 Å². The minimum Gasteiger partial charge on any atom is -0.508 e. The van der Waals surface area contributed by atoms with E-state index in [1.165, 1.54) is 42.3 Å². The van der Waals surface area contributed by atoms with Crippen molar-refractivity contribution < 1.29 is 23.5 Å². The van der Waals surface area contributed by atoms with Gasteiger partial charge in [-0.25, -0.2) is 8.78 Å². The number of carbonyl (C=O) groups excluding carboxylic acids is 2. The van der Waals surface area contributed by atoms with Gasteiger partial charge < -0.3 is 15.3 Å². The lowest BCUT2D eigenvalue weighted by molar-refractivity contribution is -0.131. The summed E-state index contributed by atoms with van der Waals surface area (Å²) >= 11 is 0. The molecule has 3 rings (SSSR count). The first-order valence-electron chi connectivity index (χ1n) is 9.66. The minimum atomic E-state index is -0.722. The Balaban J connectivity index is 1.74. The average molecular weight is 424 g/mol. The van der Waals surface area contributed by atoms with Crippen molar-refractivity contribution in [3.63, 3.8) is 0 Å². The Kier molecular flexibility index (Phi) is 6.97. The van der Waals surface area contributed by atoms with Gasteiger partial charge in [0.25, 0.3) is 5.91 Å². The predicted molar refractivity (Wildman–Crippen MR) is 112 cm³/mol. The van der Waals surface area contributed by atoms with Crippen molar-refractivity contribution >= 4 is 11.8 Å². The van der Waals surface area contributed by atoms with Gasteiger partial charge in [0.05, 0.1) is 12.5 Å². The monoisotopic (exact) mass is 424 g/mol. The Labute approximate surface area is 178 Å². The summed E-state index contributed by atoms with van der Waals surface area (Å²) in [4.78, 5) is 26.8. The van der Waals surface area contributed by atoms with Gasteiger partial charge in [0, 0.05) is 30.8 Å². The second kappa shape index (κ2) is 9.84. The molecule has 0 saturated heterocycles. The number of benzene rings is 3. The number of aromatic hydroxyl groups is 1. The number of hydrogen-bond donors (Lipinski definition) is 2. The van der Waals surface area contributed by atoms with Crippen LogP contribution in [0.1, 0.15) is 33.9 Å². The fraction of sp³-hybridized carbons (Fsp3) is 0.167. The van der Waals surface area contributed by atoms with Crippen LogP contribution in [-0.4, -0.2) is 28.9 Å². The second-order valence-corrected chi connectivity index (χ2v) is 7.17. The lowest BCUT2D eigenvalue weighted by Gasteiger charge is -2.23. The molecule has 7 heteroatoms. The van der Waals surface area contributed by atoms with Gasteiger partial charge in [-0.2, -0.15) is 0 Å². The van der Waals surface area contributed by atoms with Crippen molar-refractivity contribution in [2.45, 2.75) is 19.0 Å². The SMILES string of the molecule is CN(Cc1ccc(F)cc1F)C(=O)C[C@H](NC(=O)c1ccc(O)cc1)c1ccccc1. The van der Waals surface area contributed by atoms with Crippen LogP contribution in [0.15, 0.2) is 72.8 Å². The molecule has 0 saturated carbocycles. The Morgan fingerprint density at radius 2 is 1.68 bits per heavy atom. The summed E-state index contributed by atoms with van der Waals surface area (Å²) < 4.78 is 27.0. The Morgan fingerprint density at radius 3 is 2.32 bits per heavy atom. The first-order chi connectivity index (χ1) is 14.8. The van der Waals surface area contributed by atoms with E-state index in [-0.39, 0.29) is 30.2 Å². The van der Waals surface area contributed by atoms with Gasteiger partial charge in [0.1, 0.15) is 17.4 Å². The molecule has 0 aliphatic heterocycles. The molecule has 3 aromatic rings. The van der Waals surface area contributed by atoms with Crippen LogP contribution in [0.3, 0.4) is 0 Å². The Hall–Kier alpha value is -3.74. The molecule has 0 spiro atoms. The van der Waals surface area contributed by atoms with Crippen LogP contribution in [0.4, 0.5) is 8.78 Å². The standard InChI is InChI=1S/C24H22F2N2O3/c1-28(15-18-7-10-19(25)13-21(18)26)23(30)14-22(16-5-3-2-4-6-16)27-24(31)17-8-11-20(29)12-9-17/h2-13,22,29H,14-15H2,1H3,(H,27,31)/t22-/m0/s1. The number of amides is 2.